The van der Waals surface area contributed by atoms with E-state index in [0.717, 1.165) is 33.7 Å². The summed E-state index contributed by atoms with van der Waals surface area (Å²) in [4.78, 5) is 12.3. The predicted molar refractivity (Wildman–Crippen MR) is 105 cm³/mol. The number of aromatic nitrogens is 2. The van der Waals surface area contributed by atoms with Gasteiger partial charge in [-0.3, -0.25) is 9.89 Å². The van der Waals surface area contributed by atoms with Crippen LogP contribution >= 0.6 is 0 Å². The highest BCUT2D eigenvalue weighted by molar-refractivity contribution is 5.95. The SMILES string of the molecule is O=C(Cc1[nH]nc2ccccc12)Nc1ccc(Nc2ccccc2)cc1. The van der Waals surface area contributed by atoms with Gasteiger partial charge in [0.25, 0.3) is 0 Å². The highest BCUT2D eigenvalue weighted by Gasteiger charge is 2.10. The molecule has 5 nitrogen and oxygen atoms in total. The minimum absolute atomic E-state index is 0.0804. The second-order valence-electron chi connectivity index (χ2n) is 6.01. The van der Waals surface area contributed by atoms with Crippen LogP contribution in [0.5, 0.6) is 0 Å². The Labute approximate surface area is 151 Å². The summed E-state index contributed by atoms with van der Waals surface area (Å²) in [6.07, 6.45) is 0.254. The molecule has 3 aromatic carbocycles. The molecule has 128 valence electrons. The molecule has 0 aliphatic carbocycles. The maximum Gasteiger partial charge on any atom is 0.230 e. The third-order valence-corrected chi connectivity index (χ3v) is 4.11. The van der Waals surface area contributed by atoms with Crippen LogP contribution in [0, 0.1) is 0 Å². The van der Waals surface area contributed by atoms with E-state index in [9.17, 15) is 4.79 Å². The highest BCUT2D eigenvalue weighted by Crippen LogP contribution is 2.19. The van der Waals surface area contributed by atoms with Crippen molar-refractivity contribution >= 4 is 33.9 Å². The molecule has 0 spiro atoms. The number of para-hydroxylation sites is 2. The zero-order valence-electron chi connectivity index (χ0n) is 14.1. The third-order valence-electron chi connectivity index (χ3n) is 4.11. The molecule has 0 aliphatic heterocycles. The number of carbonyl (C=O) groups excluding carboxylic acids is 1. The normalized spacial score (nSPS) is 10.6. The van der Waals surface area contributed by atoms with Crippen molar-refractivity contribution in [2.45, 2.75) is 6.42 Å². The van der Waals surface area contributed by atoms with E-state index in [4.69, 9.17) is 0 Å². The molecule has 1 heterocycles. The fourth-order valence-corrected chi connectivity index (χ4v) is 2.84. The molecule has 0 fully saturated rings. The molecule has 0 saturated heterocycles. The van der Waals surface area contributed by atoms with Gasteiger partial charge in [-0.05, 0) is 42.5 Å². The van der Waals surface area contributed by atoms with Crippen LogP contribution in [0.15, 0.2) is 78.9 Å². The first kappa shape index (κ1) is 15.9. The first-order chi connectivity index (χ1) is 12.8. The maximum atomic E-state index is 12.3. The summed E-state index contributed by atoms with van der Waals surface area (Å²) in [6.45, 7) is 0. The molecule has 4 aromatic rings. The van der Waals surface area contributed by atoms with E-state index in [-0.39, 0.29) is 12.3 Å². The van der Waals surface area contributed by atoms with E-state index in [1.165, 1.54) is 0 Å². The summed E-state index contributed by atoms with van der Waals surface area (Å²) in [5, 5.41) is 14.4. The number of hydrogen-bond donors (Lipinski definition) is 3. The van der Waals surface area contributed by atoms with Crippen LogP contribution in [0.4, 0.5) is 17.1 Å². The molecule has 1 aromatic heterocycles. The number of nitrogens with zero attached hydrogens (tertiary/aromatic N) is 1. The topological polar surface area (TPSA) is 69.8 Å². The van der Waals surface area contributed by atoms with Crippen LogP contribution in [0.2, 0.25) is 0 Å². The summed E-state index contributed by atoms with van der Waals surface area (Å²) in [6, 6.07) is 25.4. The van der Waals surface area contributed by atoms with E-state index in [2.05, 4.69) is 20.8 Å². The minimum Gasteiger partial charge on any atom is -0.356 e. The minimum atomic E-state index is -0.0804. The van der Waals surface area contributed by atoms with Gasteiger partial charge in [0, 0.05) is 22.4 Å². The Morgan fingerprint density at radius 1 is 0.808 bits per heavy atom. The lowest BCUT2D eigenvalue weighted by atomic mass is 10.1. The van der Waals surface area contributed by atoms with Crippen molar-refractivity contribution in [1.82, 2.24) is 10.2 Å². The first-order valence-corrected chi connectivity index (χ1v) is 8.42. The third kappa shape index (κ3) is 3.57. The summed E-state index contributed by atoms with van der Waals surface area (Å²) < 4.78 is 0. The smallest absolute Gasteiger partial charge is 0.230 e. The largest absolute Gasteiger partial charge is 0.356 e. The number of amides is 1. The lowest BCUT2D eigenvalue weighted by Crippen LogP contribution is -2.14. The van der Waals surface area contributed by atoms with E-state index in [0.29, 0.717) is 0 Å². The lowest BCUT2D eigenvalue weighted by Gasteiger charge is -2.08. The number of benzene rings is 3. The van der Waals surface area contributed by atoms with Gasteiger partial charge in [-0.1, -0.05) is 36.4 Å². The van der Waals surface area contributed by atoms with Gasteiger partial charge in [0.2, 0.25) is 5.91 Å². The molecular formula is C21H18N4O. The first-order valence-electron chi connectivity index (χ1n) is 8.42. The average molecular weight is 342 g/mol. The number of fused-ring (bicyclic) bond motifs is 1. The molecule has 0 bridgehead atoms. The van der Waals surface area contributed by atoms with Gasteiger partial charge >= 0.3 is 0 Å². The summed E-state index contributed by atoms with van der Waals surface area (Å²) in [5.74, 6) is -0.0804. The Hall–Kier alpha value is -3.60. The number of hydrogen-bond acceptors (Lipinski definition) is 3. The molecule has 5 heteroatoms. The molecule has 0 atom stereocenters. The van der Waals surface area contributed by atoms with Crippen LogP contribution in [-0.4, -0.2) is 16.1 Å². The predicted octanol–water partition coefficient (Wildman–Crippen LogP) is 4.49. The van der Waals surface area contributed by atoms with Gasteiger partial charge in [0.15, 0.2) is 0 Å². The van der Waals surface area contributed by atoms with E-state index in [1.54, 1.807) is 0 Å². The van der Waals surface area contributed by atoms with Crippen LogP contribution in [0.25, 0.3) is 10.9 Å². The number of carbonyl (C=O) groups is 1. The van der Waals surface area contributed by atoms with Crippen LogP contribution in [0.1, 0.15) is 5.69 Å². The molecular weight excluding hydrogens is 324 g/mol. The van der Waals surface area contributed by atoms with Crippen molar-refractivity contribution < 1.29 is 4.79 Å². The molecule has 0 saturated carbocycles. The van der Waals surface area contributed by atoms with Crippen molar-refractivity contribution in [3.63, 3.8) is 0 Å². The lowest BCUT2D eigenvalue weighted by molar-refractivity contribution is -0.115. The molecule has 1 amide bonds. The molecule has 3 N–H and O–H groups in total. The van der Waals surface area contributed by atoms with E-state index >= 15 is 0 Å². The zero-order valence-corrected chi connectivity index (χ0v) is 14.1. The second kappa shape index (κ2) is 7.11. The molecule has 4 rings (SSSR count). The maximum absolute atomic E-state index is 12.3. The van der Waals surface area contributed by atoms with Crippen molar-refractivity contribution in [1.29, 1.82) is 0 Å². The second-order valence-corrected chi connectivity index (χ2v) is 6.01. The Morgan fingerprint density at radius 2 is 1.46 bits per heavy atom. The molecule has 0 radical (unpaired) electrons. The summed E-state index contributed by atoms with van der Waals surface area (Å²) in [5.41, 5.74) is 4.44. The molecule has 0 unspecified atom stereocenters. The fraction of sp³-hybridized carbons (Fsp3) is 0.0476. The van der Waals surface area contributed by atoms with E-state index in [1.807, 2.05) is 78.9 Å². The number of aromatic amines is 1. The Kier molecular flexibility index (Phi) is 4.35. The monoisotopic (exact) mass is 342 g/mol. The van der Waals surface area contributed by atoms with Crippen LogP contribution < -0.4 is 10.6 Å². The quantitative estimate of drug-likeness (QED) is 0.500. The molecule has 26 heavy (non-hydrogen) atoms. The number of H-pyrrole nitrogens is 1. The van der Waals surface area contributed by atoms with Crippen molar-refractivity contribution in [2.24, 2.45) is 0 Å². The molecule has 0 aliphatic rings. The fourth-order valence-electron chi connectivity index (χ4n) is 2.84. The van der Waals surface area contributed by atoms with Crippen LogP contribution in [-0.2, 0) is 11.2 Å². The van der Waals surface area contributed by atoms with Crippen molar-refractivity contribution in [3.05, 3.63) is 84.6 Å². The van der Waals surface area contributed by atoms with Gasteiger partial charge in [-0.2, -0.15) is 5.10 Å². The summed E-state index contributed by atoms with van der Waals surface area (Å²) in [7, 11) is 0. The van der Waals surface area contributed by atoms with E-state index < -0.39 is 0 Å². The number of nitrogens with one attached hydrogen (secondary N) is 3. The zero-order chi connectivity index (χ0) is 17.8. The van der Waals surface area contributed by atoms with Crippen molar-refractivity contribution in [3.8, 4) is 0 Å². The number of anilines is 3. The average Bonchev–Trinajstić information content (AvgIpc) is 3.07. The van der Waals surface area contributed by atoms with Crippen LogP contribution in [0.3, 0.4) is 0 Å². The van der Waals surface area contributed by atoms with Crippen molar-refractivity contribution in [2.75, 3.05) is 10.6 Å². The number of rotatable bonds is 5. The van der Waals surface area contributed by atoms with Gasteiger partial charge in [0.05, 0.1) is 17.6 Å². The highest BCUT2D eigenvalue weighted by atomic mass is 16.1. The Balaban J connectivity index is 1.40. The van der Waals surface area contributed by atoms with Gasteiger partial charge in [-0.15, -0.1) is 0 Å². The van der Waals surface area contributed by atoms with Gasteiger partial charge in [-0.25, -0.2) is 0 Å². The van der Waals surface area contributed by atoms with Gasteiger partial charge in [0.1, 0.15) is 0 Å². The standard InChI is InChI=1S/C21H18N4O/c26-21(14-20-18-8-4-5-9-19(18)24-25-20)23-17-12-10-16(11-13-17)22-15-6-2-1-3-7-15/h1-13,22H,14H2,(H,23,26)(H,24,25). The van der Waals surface area contributed by atoms with Gasteiger partial charge < -0.3 is 10.6 Å². The summed E-state index contributed by atoms with van der Waals surface area (Å²) >= 11 is 0. The Morgan fingerprint density at radius 3 is 2.27 bits per heavy atom. The Bertz CT molecular complexity index is 1020.